The zero-order valence-corrected chi connectivity index (χ0v) is 7.38. The first-order valence-corrected chi connectivity index (χ1v) is 3.95. The van der Waals surface area contributed by atoms with E-state index in [1.165, 1.54) is 12.1 Å². The molecule has 0 unspecified atom stereocenters. The fourth-order valence-corrected chi connectivity index (χ4v) is 0.993. The van der Waals surface area contributed by atoms with Crippen LogP contribution in [0, 0.1) is 5.82 Å². The number of phenolic OH excluding ortho intramolecular Hbond substituents is 1. The molecule has 70 valence electrons. The van der Waals surface area contributed by atoms with Gasteiger partial charge in [-0.3, -0.25) is 0 Å². The topological polar surface area (TPSA) is 29.5 Å². The van der Waals surface area contributed by atoms with E-state index in [1.54, 1.807) is 0 Å². The summed E-state index contributed by atoms with van der Waals surface area (Å²) in [4.78, 5) is 0. The Labute approximate surface area is 76.3 Å². The molecule has 0 aliphatic rings. The van der Waals surface area contributed by atoms with Crippen molar-refractivity contribution < 1.29 is 14.2 Å². The lowest BCUT2D eigenvalue weighted by Crippen LogP contribution is -1.90. The van der Waals surface area contributed by atoms with Gasteiger partial charge in [-0.05, 0) is 19.1 Å². The highest BCUT2D eigenvalue weighted by Crippen LogP contribution is 2.20. The van der Waals surface area contributed by atoms with Gasteiger partial charge >= 0.3 is 0 Å². The van der Waals surface area contributed by atoms with Crippen LogP contribution in [0.25, 0.3) is 5.76 Å². The Kier molecular flexibility index (Phi) is 2.90. The van der Waals surface area contributed by atoms with Crippen LogP contribution in [-0.2, 0) is 4.74 Å². The van der Waals surface area contributed by atoms with Crippen LogP contribution in [-0.4, -0.2) is 11.7 Å². The molecule has 0 aliphatic carbocycles. The Morgan fingerprint density at radius 3 is 2.77 bits per heavy atom. The van der Waals surface area contributed by atoms with Crippen molar-refractivity contribution in [2.75, 3.05) is 6.61 Å². The Morgan fingerprint density at radius 2 is 2.23 bits per heavy atom. The monoisotopic (exact) mass is 182 g/mol. The summed E-state index contributed by atoms with van der Waals surface area (Å²) in [6.45, 7) is 5.88. The van der Waals surface area contributed by atoms with Crippen LogP contribution >= 0.6 is 0 Å². The van der Waals surface area contributed by atoms with Gasteiger partial charge in [-0.1, -0.05) is 6.58 Å². The second-order valence-corrected chi connectivity index (χ2v) is 2.55. The van der Waals surface area contributed by atoms with Crippen molar-refractivity contribution in [2.24, 2.45) is 0 Å². The van der Waals surface area contributed by atoms with Gasteiger partial charge in [0.1, 0.15) is 17.3 Å². The molecule has 0 aliphatic heterocycles. The molecule has 0 heterocycles. The molecule has 2 nitrogen and oxygen atoms in total. The van der Waals surface area contributed by atoms with Crippen molar-refractivity contribution in [1.29, 1.82) is 0 Å². The molecule has 0 radical (unpaired) electrons. The van der Waals surface area contributed by atoms with Crippen LogP contribution in [0.3, 0.4) is 0 Å². The van der Waals surface area contributed by atoms with Crippen molar-refractivity contribution in [3.05, 3.63) is 36.2 Å². The Morgan fingerprint density at radius 1 is 1.54 bits per heavy atom. The third kappa shape index (κ3) is 2.47. The average Bonchev–Trinajstić information content (AvgIpc) is 2.03. The number of halogens is 1. The SMILES string of the molecule is C=C(OCC)c1cc(O)cc(F)c1. The van der Waals surface area contributed by atoms with Gasteiger partial charge in [0, 0.05) is 11.6 Å². The molecule has 0 saturated heterocycles. The highest BCUT2D eigenvalue weighted by molar-refractivity contribution is 5.59. The molecule has 13 heavy (non-hydrogen) atoms. The number of ether oxygens (including phenoxy) is 1. The van der Waals surface area contributed by atoms with E-state index < -0.39 is 5.82 Å². The van der Waals surface area contributed by atoms with Crippen molar-refractivity contribution in [3.63, 3.8) is 0 Å². The Bertz CT molecular complexity index is 300. The molecular formula is C10H11FO2. The van der Waals surface area contributed by atoms with E-state index in [9.17, 15) is 4.39 Å². The van der Waals surface area contributed by atoms with E-state index in [0.29, 0.717) is 17.9 Å². The standard InChI is InChI=1S/C10H11FO2/c1-3-13-7(2)8-4-9(11)6-10(12)5-8/h4-6,12H,2-3H2,1H3. The largest absolute Gasteiger partial charge is 0.508 e. The molecule has 0 spiro atoms. The average molecular weight is 182 g/mol. The Hall–Kier alpha value is -1.51. The van der Waals surface area contributed by atoms with Gasteiger partial charge in [0.2, 0.25) is 0 Å². The van der Waals surface area contributed by atoms with Crippen molar-refractivity contribution >= 4 is 5.76 Å². The number of benzene rings is 1. The van der Waals surface area contributed by atoms with E-state index in [0.717, 1.165) is 6.07 Å². The number of hydrogen-bond acceptors (Lipinski definition) is 2. The quantitative estimate of drug-likeness (QED) is 0.728. The maximum atomic E-state index is 12.8. The zero-order chi connectivity index (χ0) is 9.84. The van der Waals surface area contributed by atoms with Gasteiger partial charge in [0.15, 0.2) is 0 Å². The second-order valence-electron chi connectivity index (χ2n) is 2.55. The summed E-state index contributed by atoms with van der Waals surface area (Å²) < 4.78 is 17.8. The molecule has 1 aromatic carbocycles. The summed E-state index contributed by atoms with van der Waals surface area (Å²) in [6.07, 6.45) is 0. The van der Waals surface area contributed by atoms with E-state index in [4.69, 9.17) is 9.84 Å². The molecule has 1 aromatic rings. The molecule has 1 N–H and O–H groups in total. The molecule has 0 fully saturated rings. The maximum absolute atomic E-state index is 12.8. The van der Waals surface area contributed by atoms with Crippen molar-refractivity contribution in [3.8, 4) is 5.75 Å². The third-order valence-corrected chi connectivity index (χ3v) is 1.52. The predicted octanol–water partition coefficient (Wildman–Crippen LogP) is 2.54. The fraction of sp³-hybridized carbons (Fsp3) is 0.200. The van der Waals surface area contributed by atoms with Crippen molar-refractivity contribution in [2.45, 2.75) is 6.92 Å². The lowest BCUT2D eigenvalue weighted by atomic mass is 10.2. The zero-order valence-electron chi connectivity index (χ0n) is 7.38. The molecule has 0 aromatic heterocycles. The minimum Gasteiger partial charge on any atom is -0.508 e. The fourth-order valence-electron chi connectivity index (χ4n) is 0.993. The number of hydrogen-bond donors (Lipinski definition) is 1. The first kappa shape index (κ1) is 9.58. The van der Waals surface area contributed by atoms with Crippen LogP contribution < -0.4 is 0 Å². The first-order valence-electron chi connectivity index (χ1n) is 3.95. The Balaban J connectivity index is 2.94. The third-order valence-electron chi connectivity index (χ3n) is 1.52. The lowest BCUT2D eigenvalue weighted by Gasteiger charge is -2.06. The lowest BCUT2D eigenvalue weighted by molar-refractivity contribution is 0.298. The summed E-state index contributed by atoms with van der Waals surface area (Å²) >= 11 is 0. The van der Waals surface area contributed by atoms with E-state index in [1.807, 2.05) is 6.92 Å². The van der Waals surface area contributed by atoms with E-state index in [-0.39, 0.29) is 5.75 Å². The molecule has 0 amide bonds. The van der Waals surface area contributed by atoms with Gasteiger partial charge < -0.3 is 9.84 Å². The molecule has 0 bridgehead atoms. The summed E-state index contributed by atoms with van der Waals surface area (Å²) in [5.74, 6) is -0.274. The van der Waals surface area contributed by atoms with Crippen molar-refractivity contribution in [1.82, 2.24) is 0 Å². The minimum atomic E-state index is -0.504. The number of rotatable bonds is 3. The summed E-state index contributed by atoms with van der Waals surface area (Å²) in [7, 11) is 0. The smallest absolute Gasteiger partial charge is 0.127 e. The summed E-state index contributed by atoms with van der Waals surface area (Å²) in [5, 5.41) is 9.07. The van der Waals surface area contributed by atoms with Gasteiger partial charge in [-0.2, -0.15) is 0 Å². The molecule has 0 saturated carbocycles. The molecule has 3 heteroatoms. The highest BCUT2D eigenvalue weighted by Gasteiger charge is 2.03. The molecule has 1 rings (SSSR count). The van der Waals surface area contributed by atoms with Gasteiger partial charge in [-0.25, -0.2) is 4.39 Å². The molecule has 0 atom stereocenters. The van der Waals surface area contributed by atoms with Gasteiger partial charge in [0.05, 0.1) is 6.61 Å². The maximum Gasteiger partial charge on any atom is 0.127 e. The first-order chi connectivity index (χ1) is 6.13. The van der Waals surface area contributed by atoms with E-state index in [2.05, 4.69) is 6.58 Å². The van der Waals surface area contributed by atoms with Crippen LogP contribution in [0.2, 0.25) is 0 Å². The summed E-state index contributed by atoms with van der Waals surface area (Å²) in [6, 6.07) is 3.70. The van der Waals surface area contributed by atoms with Gasteiger partial charge in [-0.15, -0.1) is 0 Å². The highest BCUT2D eigenvalue weighted by atomic mass is 19.1. The molecular weight excluding hydrogens is 171 g/mol. The predicted molar refractivity (Wildman–Crippen MR) is 48.7 cm³/mol. The van der Waals surface area contributed by atoms with Crippen LogP contribution in [0.4, 0.5) is 4.39 Å². The van der Waals surface area contributed by atoms with Gasteiger partial charge in [0.25, 0.3) is 0 Å². The summed E-state index contributed by atoms with van der Waals surface area (Å²) in [5.41, 5.74) is 0.458. The van der Waals surface area contributed by atoms with Crippen LogP contribution in [0.1, 0.15) is 12.5 Å². The van der Waals surface area contributed by atoms with E-state index >= 15 is 0 Å². The second kappa shape index (κ2) is 3.94. The minimum absolute atomic E-state index is 0.129. The number of phenols is 1. The number of aromatic hydroxyl groups is 1. The van der Waals surface area contributed by atoms with Crippen LogP contribution in [0.15, 0.2) is 24.8 Å². The normalized spacial score (nSPS) is 9.69. The van der Waals surface area contributed by atoms with Crippen LogP contribution in [0.5, 0.6) is 5.75 Å².